The number of nitrogen functional groups attached to an aromatic ring is 1. The van der Waals surface area contributed by atoms with Gasteiger partial charge in [0.05, 0.1) is 6.33 Å². The number of aromatic nitrogens is 4. The van der Waals surface area contributed by atoms with Gasteiger partial charge >= 0.3 is 5.97 Å². The van der Waals surface area contributed by atoms with Crippen LogP contribution in [0.4, 0.5) is 11.8 Å². The van der Waals surface area contributed by atoms with Crippen molar-refractivity contribution in [3.8, 4) is 0 Å². The van der Waals surface area contributed by atoms with E-state index in [9.17, 15) is 19.8 Å². The second-order valence-corrected chi connectivity index (χ2v) is 6.02. The number of nitrogens with one attached hydrogen (secondary N) is 1. The Kier molecular flexibility index (Phi) is 5.21. The van der Waals surface area contributed by atoms with Crippen LogP contribution in [0.2, 0.25) is 0 Å². The van der Waals surface area contributed by atoms with Gasteiger partial charge in [-0.3, -0.25) is 19.5 Å². The van der Waals surface area contributed by atoms with Gasteiger partial charge in [0.25, 0.3) is 0 Å². The van der Waals surface area contributed by atoms with Gasteiger partial charge in [0, 0.05) is 13.3 Å². The van der Waals surface area contributed by atoms with Gasteiger partial charge in [0.2, 0.25) is 11.9 Å². The quantitative estimate of drug-likeness (QED) is 0.468. The van der Waals surface area contributed by atoms with Crippen molar-refractivity contribution in [3.05, 3.63) is 6.33 Å². The van der Waals surface area contributed by atoms with E-state index in [1.165, 1.54) is 17.8 Å². The molecule has 0 spiro atoms. The number of hydrogen-bond donors (Lipinski definition) is 4. The Morgan fingerprint density at radius 2 is 2.11 bits per heavy atom. The van der Waals surface area contributed by atoms with Gasteiger partial charge in [0.15, 0.2) is 17.7 Å². The number of aliphatic hydroxyl groups is 2. The molecule has 4 atom stereocenters. The molecule has 12 nitrogen and oxygen atoms in total. The third-order valence-electron chi connectivity index (χ3n) is 4.04. The average molecular weight is 380 g/mol. The van der Waals surface area contributed by atoms with E-state index in [4.69, 9.17) is 15.2 Å². The van der Waals surface area contributed by atoms with Gasteiger partial charge in [-0.05, 0) is 0 Å². The third-order valence-corrected chi connectivity index (χ3v) is 4.04. The highest BCUT2D eigenvalue weighted by molar-refractivity contribution is 5.89. The molecule has 12 heteroatoms. The molecular weight excluding hydrogens is 360 g/mol. The zero-order valence-electron chi connectivity index (χ0n) is 14.7. The highest BCUT2D eigenvalue weighted by Gasteiger charge is 2.45. The maximum atomic E-state index is 11.3. The van der Waals surface area contributed by atoms with Crippen LogP contribution in [0.15, 0.2) is 6.33 Å². The van der Waals surface area contributed by atoms with Crippen LogP contribution in [0.1, 0.15) is 26.5 Å². The summed E-state index contributed by atoms with van der Waals surface area (Å²) >= 11 is 0. The van der Waals surface area contributed by atoms with E-state index in [-0.39, 0.29) is 41.9 Å². The summed E-state index contributed by atoms with van der Waals surface area (Å²) in [6.45, 7) is 2.73. The zero-order chi connectivity index (χ0) is 19.7. The van der Waals surface area contributed by atoms with E-state index >= 15 is 0 Å². The molecule has 1 saturated heterocycles. The number of amides is 1. The third kappa shape index (κ3) is 3.67. The lowest BCUT2D eigenvalue weighted by Crippen LogP contribution is -2.34. The van der Waals surface area contributed by atoms with Crippen LogP contribution in [-0.4, -0.2) is 66.5 Å². The molecule has 1 aliphatic heterocycles. The van der Waals surface area contributed by atoms with E-state index in [0.717, 1.165) is 0 Å². The molecule has 0 bridgehead atoms. The smallest absolute Gasteiger partial charge is 0.305 e. The SMILES string of the molecule is CCC(=O)OC[C@H]1O[C@@H](n2cnc3c(N)nc(NC(C)=O)nc32)[C@H](O)[C@@H]1O. The first-order valence-electron chi connectivity index (χ1n) is 8.26. The van der Waals surface area contributed by atoms with Crippen molar-refractivity contribution in [1.29, 1.82) is 0 Å². The van der Waals surface area contributed by atoms with Gasteiger partial charge in [-0.15, -0.1) is 0 Å². The first-order valence-corrected chi connectivity index (χ1v) is 8.26. The number of ether oxygens (including phenoxy) is 2. The summed E-state index contributed by atoms with van der Waals surface area (Å²) in [6, 6.07) is 0. The molecule has 2 aromatic heterocycles. The van der Waals surface area contributed by atoms with Crippen LogP contribution in [0.25, 0.3) is 11.2 Å². The standard InChI is InChI=1S/C15H20N6O6/c1-3-8(23)26-4-7-10(24)11(25)14(27-7)21-5-17-9-12(16)19-15(18-6(2)22)20-13(9)21/h5,7,10-11,14,24-25H,3-4H2,1-2H3,(H3,16,18,19,20,22)/t7-,10-,11-,14-/m1/s1. The number of nitrogens with zero attached hydrogens (tertiary/aromatic N) is 4. The number of imidazole rings is 1. The Labute approximate surface area is 153 Å². The second kappa shape index (κ2) is 7.42. The fourth-order valence-electron chi connectivity index (χ4n) is 2.71. The topological polar surface area (TPSA) is 175 Å². The second-order valence-electron chi connectivity index (χ2n) is 6.02. The van der Waals surface area contributed by atoms with Gasteiger partial charge < -0.3 is 25.4 Å². The van der Waals surface area contributed by atoms with E-state index in [2.05, 4.69) is 20.3 Å². The number of nitrogens with two attached hydrogens (primary N) is 1. The molecule has 2 aromatic rings. The van der Waals surface area contributed by atoms with Crippen LogP contribution < -0.4 is 11.1 Å². The largest absolute Gasteiger partial charge is 0.463 e. The Bertz CT molecular complexity index is 870. The minimum Gasteiger partial charge on any atom is -0.463 e. The maximum Gasteiger partial charge on any atom is 0.305 e. The van der Waals surface area contributed by atoms with E-state index in [0.29, 0.717) is 0 Å². The highest BCUT2D eigenvalue weighted by atomic mass is 16.6. The van der Waals surface area contributed by atoms with Gasteiger partial charge in [-0.1, -0.05) is 6.92 Å². The van der Waals surface area contributed by atoms with Crippen LogP contribution >= 0.6 is 0 Å². The number of carbonyl (C=O) groups is 2. The summed E-state index contributed by atoms with van der Waals surface area (Å²) in [5, 5.41) is 23.0. The Morgan fingerprint density at radius 1 is 1.37 bits per heavy atom. The summed E-state index contributed by atoms with van der Waals surface area (Å²) in [6.07, 6.45) is -3.07. The molecule has 0 radical (unpaired) electrons. The Morgan fingerprint density at radius 3 is 2.78 bits per heavy atom. The van der Waals surface area contributed by atoms with Gasteiger partial charge in [0.1, 0.15) is 30.4 Å². The minimum absolute atomic E-state index is 0.0314. The van der Waals surface area contributed by atoms with E-state index in [1.54, 1.807) is 6.92 Å². The van der Waals surface area contributed by atoms with Gasteiger partial charge in [-0.2, -0.15) is 9.97 Å². The van der Waals surface area contributed by atoms with Crippen molar-refractivity contribution in [2.45, 2.75) is 44.8 Å². The molecule has 0 saturated carbocycles. The molecule has 3 rings (SSSR count). The average Bonchev–Trinajstić information content (AvgIpc) is 3.15. The lowest BCUT2D eigenvalue weighted by atomic mass is 10.1. The molecule has 1 amide bonds. The molecule has 5 N–H and O–H groups in total. The van der Waals surface area contributed by atoms with Crippen LogP contribution in [-0.2, 0) is 19.1 Å². The van der Waals surface area contributed by atoms with Crippen molar-refractivity contribution < 1.29 is 29.3 Å². The monoisotopic (exact) mass is 380 g/mol. The Hall–Kier alpha value is -2.83. The lowest BCUT2D eigenvalue weighted by Gasteiger charge is -2.16. The molecule has 146 valence electrons. The first kappa shape index (κ1) is 18.9. The van der Waals surface area contributed by atoms with Crippen LogP contribution in [0.3, 0.4) is 0 Å². The molecule has 0 aromatic carbocycles. The molecule has 1 aliphatic rings. The molecule has 0 aliphatic carbocycles. The summed E-state index contributed by atoms with van der Waals surface area (Å²) in [4.78, 5) is 34.7. The summed E-state index contributed by atoms with van der Waals surface area (Å²) < 4.78 is 12.0. The fraction of sp³-hybridized carbons (Fsp3) is 0.533. The number of hydrogen-bond acceptors (Lipinski definition) is 10. The van der Waals surface area contributed by atoms with Crippen molar-refractivity contribution in [2.24, 2.45) is 0 Å². The molecule has 3 heterocycles. The Balaban J connectivity index is 1.89. The van der Waals surface area contributed by atoms with Crippen molar-refractivity contribution in [2.75, 3.05) is 17.7 Å². The van der Waals surface area contributed by atoms with E-state index < -0.39 is 30.5 Å². The first-order chi connectivity index (χ1) is 12.8. The fourth-order valence-corrected chi connectivity index (χ4v) is 2.71. The van der Waals surface area contributed by atoms with Gasteiger partial charge in [-0.25, -0.2) is 4.98 Å². The predicted molar refractivity (Wildman–Crippen MR) is 91.2 cm³/mol. The van der Waals surface area contributed by atoms with Crippen molar-refractivity contribution in [1.82, 2.24) is 19.5 Å². The minimum atomic E-state index is -1.33. The summed E-state index contributed by atoms with van der Waals surface area (Å²) in [5.74, 6) is -0.831. The van der Waals surface area contributed by atoms with Crippen LogP contribution in [0.5, 0.6) is 0 Å². The summed E-state index contributed by atoms with van der Waals surface area (Å²) in [5.41, 5.74) is 6.29. The maximum absolute atomic E-state index is 11.3. The van der Waals surface area contributed by atoms with Crippen molar-refractivity contribution >= 4 is 34.8 Å². The molecule has 0 unspecified atom stereocenters. The molecular formula is C15H20N6O6. The normalized spacial score (nSPS) is 24.9. The molecule has 1 fully saturated rings. The number of aliphatic hydroxyl groups excluding tert-OH is 2. The summed E-state index contributed by atoms with van der Waals surface area (Å²) in [7, 11) is 0. The number of anilines is 2. The molecule has 27 heavy (non-hydrogen) atoms. The van der Waals surface area contributed by atoms with Crippen LogP contribution in [0, 0.1) is 0 Å². The number of carbonyl (C=O) groups excluding carboxylic acids is 2. The highest BCUT2D eigenvalue weighted by Crippen LogP contribution is 2.32. The number of fused-ring (bicyclic) bond motifs is 1. The predicted octanol–water partition coefficient (Wildman–Crippen LogP) is -1.06. The number of rotatable bonds is 5. The number of esters is 1. The van der Waals surface area contributed by atoms with E-state index in [1.807, 2.05) is 0 Å². The van der Waals surface area contributed by atoms with Crippen molar-refractivity contribution in [3.63, 3.8) is 0 Å². The zero-order valence-corrected chi connectivity index (χ0v) is 14.7. The lowest BCUT2D eigenvalue weighted by molar-refractivity contribution is -0.149.